The van der Waals surface area contributed by atoms with Crippen molar-refractivity contribution in [2.45, 2.75) is 98.6 Å². The van der Waals surface area contributed by atoms with E-state index >= 15 is 0 Å². The maximum absolute atomic E-state index is 13.6. The van der Waals surface area contributed by atoms with Crippen LogP contribution in [-0.2, 0) is 14.3 Å². The minimum atomic E-state index is -0.737. The molecule has 3 rings (SSSR count). The molecule has 2 unspecified atom stereocenters. The Morgan fingerprint density at radius 2 is 2.00 bits per heavy atom. The first kappa shape index (κ1) is 26.1. The van der Waals surface area contributed by atoms with E-state index in [-0.39, 0.29) is 23.5 Å². The van der Waals surface area contributed by atoms with Gasteiger partial charge in [0, 0.05) is 29.8 Å². The second-order valence-electron chi connectivity index (χ2n) is 11.6. The molecule has 7 heteroatoms. The highest BCUT2D eigenvalue weighted by molar-refractivity contribution is 8.01. The SMILES string of the molecule is CCCCC1=CN(C(C)(C)C)S/C1=C1/CC(C)(C(=O)NC[C@@H]2CCCO2)C(C)(C)C1C(N)=O. The number of carbonyl (C=O) groups excluding carboxylic acids is 2. The maximum atomic E-state index is 13.6. The molecule has 1 saturated carbocycles. The van der Waals surface area contributed by atoms with Gasteiger partial charge in [0.25, 0.3) is 0 Å². The van der Waals surface area contributed by atoms with Crippen molar-refractivity contribution >= 4 is 23.8 Å². The molecule has 2 aliphatic heterocycles. The van der Waals surface area contributed by atoms with E-state index in [1.54, 1.807) is 11.9 Å². The van der Waals surface area contributed by atoms with Crippen LogP contribution in [0.4, 0.5) is 0 Å². The Morgan fingerprint density at radius 1 is 1.30 bits per heavy atom. The number of hydrogen-bond donors (Lipinski definition) is 2. The molecule has 2 amide bonds. The quantitative estimate of drug-likeness (QED) is 0.509. The van der Waals surface area contributed by atoms with E-state index < -0.39 is 16.7 Å². The van der Waals surface area contributed by atoms with Gasteiger partial charge in [0.1, 0.15) is 0 Å². The second kappa shape index (κ2) is 9.65. The van der Waals surface area contributed by atoms with Crippen LogP contribution in [0.1, 0.15) is 87.0 Å². The number of primary amides is 1. The number of unbranched alkanes of at least 4 members (excludes halogenated alkanes) is 1. The third-order valence-corrected chi connectivity index (χ3v) is 9.40. The van der Waals surface area contributed by atoms with Gasteiger partial charge in [-0.05, 0) is 88.3 Å². The first-order chi connectivity index (χ1) is 15.3. The summed E-state index contributed by atoms with van der Waals surface area (Å²) in [7, 11) is 0. The summed E-state index contributed by atoms with van der Waals surface area (Å²) in [6.07, 6.45) is 8.03. The summed E-state index contributed by atoms with van der Waals surface area (Å²) in [4.78, 5) is 27.6. The minimum absolute atomic E-state index is 0.0142. The number of hydrogen-bond acceptors (Lipinski definition) is 5. The molecule has 3 N–H and O–H groups in total. The summed E-state index contributed by atoms with van der Waals surface area (Å²) in [5, 5.41) is 3.14. The van der Waals surface area contributed by atoms with Crippen molar-refractivity contribution in [3.05, 3.63) is 22.3 Å². The number of ether oxygens (including phenoxy) is 1. The van der Waals surface area contributed by atoms with Gasteiger partial charge in [-0.3, -0.25) is 9.59 Å². The smallest absolute Gasteiger partial charge is 0.226 e. The fraction of sp³-hybridized carbons (Fsp3) is 0.769. The van der Waals surface area contributed by atoms with E-state index in [4.69, 9.17) is 10.5 Å². The molecule has 0 aromatic carbocycles. The van der Waals surface area contributed by atoms with Gasteiger partial charge in [0.15, 0.2) is 0 Å². The maximum Gasteiger partial charge on any atom is 0.226 e. The lowest BCUT2D eigenvalue weighted by atomic mass is 9.65. The lowest BCUT2D eigenvalue weighted by molar-refractivity contribution is -0.138. The van der Waals surface area contributed by atoms with Crippen molar-refractivity contribution in [1.29, 1.82) is 0 Å². The van der Waals surface area contributed by atoms with Gasteiger partial charge in [-0.1, -0.05) is 27.2 Å². The number of amides is 2. The number of rotatable bonds is 7. The molecule has 186 valence electrons. The highest BCUT2D eigenvalue weighted by Crippen LogP contribution is 2.61. The van der Waals surface area contributed by atoms with Crippen LogP contribution in [0.5, 0.6) is 0 Å². The number of carbonyl (C=O) groups is 2. The van der Waals surface area contributed by atoms with Gasteiger partial charge in [-0.15, -0.1) is 0 Å². The van der Waals surface area contributed by atoms with E-state index in [1.165, 1.54) is 5.57 Å². The number of nitrogens with zero attached hydrogens (tertiary/aromatic N) is 1. The first-order valence-electron chi connectivity index (χ1n) is 12.4. The van der Waals surface area contributed by atoms with Crippen molar-refractivity contribution in [3.63, 3.8) is 0 Å². The van der Waals surface area contributed by atoms with E-state index in [0.29, 0.717) is 13.0 Å². The van der Waals surface area contributed by atoms with E-state index in [9.17, 15) is 9.59 Å². The van der Waals surface area contributed by atoms with Crippen LogP contribution in [0.3, 0.4) is 0 Å². The lowest BCUT2D eigenvalue weighted by Gasteiger charge is -2.39. The number of nitrogens with one attached hydrogen (secondary N) is 1. The second-order valence-corrected chi connectivity index (χ2v) is 12.6. The first-order valence-corrected chi connectivity index (χ1v) is 13.2. The molecule has 2 fully saturated rings. The average molecular weight is 478 g/mol. The van der Waals surface area contributed by atoms with Crippen molar-refractivity contribution in [1.82, 2.24) is 9.62 Å². The number of allylic oxidation sites excluding steroid dienone is 1. The predicted molar refractivity (Wildman–Crippen MR) is 135 cm³/mol. The Kier molecular flexibility index (Phi) is 7.64. The van der Waals surface area contributed by atoms with Gasteiger partial charge in [0.2, 0.25) is 11.8 Å². The summed E-state index contributed by atoms with van der Waals surface area (Å²) in [6, 6.07) is 0. The number of nitrogens with two attached hydrogens (primary N) is 1. The van der Waals surface area contributed by atoms with Crippen LogP contribution in [0.2, 0.25) is 0 Å². The van der Waals surface area contributed by atoms with E-state index in [0.717, 1.165) is 49.2 Å². The van der Waals surface area contributed by atoms with Crippen LogP contribution in [0, 0.1) is 16.7 Å². The highest BCUT2D eigenvalue weighted by Gasteiger charge is 2.61. The van der Waals surface area contributed by atoms with Crippen LogP contribution >= 0.6 is 11.9 Å². The fourth-order valence-corrected chi connectivity index (χ4v) is 6.54. The van der Waals surface area contributed by atoms with E-state index in [1.807, 2.05) is 20.8 Å². The molecule has 0 aromatic rings. The summed E-state index contributed by atoms with van der Waals surface area (Å²) >= 11 is 1.70. The molecule has 33 heavy (non-hydrogen) atoms. The van der Waals surface area contributed by atoms with Crippen molar-refractivity contribution in [2.24, 2.45) is 22.5 Å². The summed E-state index contributed by atoms with van der Waals surface area (Å²) in [6.45, 7) is 16.1. The standard InChI is InChI=1S/C26H43N3O3S/c1-8-9-11-17-16-29(24(2,3)4)33-21(17)19-14-26(7,25(5,6)20(19)22(27)30)23(31)28-15-18-12-10-13-32-18/h16,18,20H,8-15H2,1-7H3,(H2,27,30)(H,28,31)/b21-19-/t18-,20?,26?/m0/s1. The Hall–Kier alpha value is -1.47. The zero-order valence-corrected chi connectivity index (χ0v) is 22.4. The molecule has 1 saturated heterocycles. The molecule has 2 heterocycles. The van der Waals surface area contributed by atoms with Gasteiger partial charge >= 0.3 is 0 Å². The average Bonchev–Trinajstić information content (AvgIpc) is 3.42. The topological polar surface area (TPSA) is 84.7 Å². The Labute approximate surface area is 204 Å². The zero-order valence-electron chi connectivity index (χ0n) is 21.5. The van der Waals surface area contributed by atoms with Crippen LogP contribution in [-0.4, -0.2) is 40.9 Å². The normalized spacial score (nSPS) is 31.7. The van der Waals surface area contributed by atoms with Crippen LogP contribution in [0.15, 0.2) is 22.3 Å². The van der Waals surface area contributed by atoms with Gasteiger partial charge in [-0.2, -0.15) is 0 Å². The third-order valence-electron chi connectivity index (χ3n) is 7.84. The molecular formula is C26H43N3O3S. The van der Waals surface area contributed by atoms with Crippen molar-refractivity contribution in [3.8, 4) is 0 Å². The summed E-state index contributed by atoms with van der Waals surface area (Å²) < 4.78 is 7.97. The van der Waals surface area contributed by atoms with E-state index in [2.05, 4.69) is 43.5 Å². The van der Waals surface area contributed by atoms with Gasteiger partial charge in [0.05, 0.1) is 17.4 Å². The largest absolute Gasteiger partial charge is 0.376 e. The molecular weight excluding hydrogens is 434 g/mol. The molecule has 0 radical (unpaired) electrons. The Morgan fingerprint density at radius 3 is 2.55 bits per heavy atom. The lowest BCUT2D eigenvalue weighted by Crippen LogP contribution is -2.50. The summed E-state index contributed by atoms with van der Waals surface area (Å²) in [5.41, 5.74) is 6.92. The fourth-order valence-electron chi connectivity index (χ4n) is 5.31. The van der Waals surface area contributed by atoms with Gasteiger partial charge in [-0.25, -0.2) is 0 Å². The molecule has 0 spiro atoms. The Bertz CT molecular complexity index is 836. The monoisotopic (exact) mass is 477 g/mol. The molecule has 0 bridgehead atoms. The predicted octanol–water partition coefficient (Wildman–Crippen LogP) is 4.91. The minimum Gasteiger partial charge on any atom is -0.376 e. The molecule has 3 atom stereocenters. The molecule has 6 nitrogen and oxygen atoms in total. The highest BCUT2D eigenvalue weighted by atomic mass is 32.2. The molecule has 0 aromatic heterocycles. The van der Waals surface area contributed by atoms with Crippen LogP contribution < -0.4 is 11.1 Å². The third kappa shape index (κ3) is 5.00. The Balaban J connectivity index is 1.98. The van der Waals surface area contributed by atoms with Crippen molar-refractivity contribution < 1.29 is 14.3 Å². The summed E-state index contributed by atoms with van der Waals surface area (Å²) in [5.74, 6) is -0.842. The molecule has 3 aliphatic rings. The van der Waals surface area contributed by atoms with Crippen LogP contribution in [0.25, 0.3) is 0 Å². The van der Waals surface area contributed by atoms with Crippen molar-refractivity contribution in [2.75, 3.05) is 13.2 Å². The van der Waals surface area contributed by atoms with Gasteiger partial charge < -0.3 is 20.1 Å². The zero-order chi connectivity index (χ0) is 24.6. The molecule has 1 aliphatic carbocycles.